The molecular formula is C11H20N2O3. The van der Waals surface area contributed by atoms with E-state index in [0.29, 0.717) is 0 Å². The van der Waals surface area contributed by atoms with Crippen molar-refractivity contribution in [3.8, 4) is 0 Å². The lowest BCUT2D eigenvalue weighted by atomic mass is 10.0. The fourth-order valence-corrected chi connectivity index (χ4v) is 1.86. The first kappa shape index (κ1) is 13.0. The van der Waals surface area contributed by atoms with Gasteiger partial charge in [-0.1, -0.05) is 0 Å². The standard InChI is InChI=1S/C11H20N2O3/c1-11(2,3)13(7-9(14)15)10(16)8-5-4-6-12-8/h8,12H,4-7H2,1-3H3,(H,14,15). The molecule has 0 aromatic rings. The summed E-state index contributed by atoms with van der Waals surface area (Å²) in [5, 5.41) is 11.9. The van der Waals surface area contributed by atoms with Gasteiger partial charge in [-0.2, -0.15) is 0 Å². The minimum Gasteiger partial charge on any atom is -0.480 e. The summed E-state index contributed by atoms with van der Waals surface area (Å²) >= 11 is 0. The molecular weight excluding hydrogens is 208 g/mol. The molecule has 1 aliphatic rings. The Bertz CT molecular complexity index is 277. The number of rotatable bonds is 3. The van der Waals surface area contributed by atoms with Gasteiger partial charge >= 0.3 is 5.97 Å². The van der Waals surface area contributed by atoms with E-state index in [2.05, 4.69) is 5.32 Å². The lowest BCUT2D eigenvalue weighted by molar-refractivity contribution is -0.149. The molecule has 5 heteroatoms. The van der Waals surface area contributed by atoms with Gasteiger partial charge < -0.3 is 15.3 Å². The highest BCUT2D eigenvalue weighted by Gasteiger charge is 2.34. The van der Waals surface area contributed by atoms with Crippen LogP contribution in [0.15, 0.2) is 0 Å². The molecule has 1 fully saturated rings. The maximum Gasteiger partial charge on any atom is 0.323 e. The number of carbonyl (C=O) groups excluding carboxylic acids is 1. The van der Waals surface area contributed by atoms with Gasteiger partial charge in [0.1, 0.15) is 6.54 Å². The van der Waals surface area contributed by atoms with Crippen molar-refractivity contribution in [3.63, 3.8) is 0 Å². The molecule has 0 spiro atoms. The molecule has 5 nitrogen and oxygen atoms in total. The maximum absolute atomic E-state index is 12.1. The Morgan fingerprint density at radius 3 is 2.44 bits per heavy atom. The second-order valence-electron chi connectivity index (χ2n) is 5.14. The number of aliphatic carboxylic acids is 1. The molecule has 1 aliphatic heterocycles. The van der Waals surface area contributed by atoms with Crippen molar-refractivity contribution in [1.82, 2.24) is 10.2 Å². The monoisotopic (exact) mass is 228 g/mol. The number of hydrogen-bond donors (Lipinski definition) is 2. The first-order chi connectivity index (χ1) is 7.32. The zero-order valence-corrected chi connectivity index (χ0v) is 10.1. The maximum atomic E-state index is 12.1. The molecule has 0 aromatic heterocycles. The van der Waals surface area contributed by atoms with Gasteiger partial charge in [0.15, 0.2) is 0 Å². The molecule has 1 saturated heterocycles. The van der Waals surface area contributed by atoms with Crippen molar-refractivity contribution in [2.75, 3.05) is 13.1 Å². The van der Waals surface area contributed by atoms with Crippen molar-refractivity contribution in [2.45, 2.75) is 45.2 Å². The molecule has 1 unspecified atom stereocenters. The Kier molecular flexibility index (Phi) is 3.91. The first-order valence-electron chi connectivity index (χ1n) is 5.59. The van der Waals surface area contributed by atoms with Crippen LogP contribution in [-0.2, 0) is 9.59 Å². The van der Waals surface area contributed by atoms with E-state index in [1.807, 2.05) is 20.8 Å². The van der Waals surface area contributed by atoms with E-state index in [-0.39, 0.29) is 18.5 Å². The summed E-state index contributed by atoms with van der Waals surface area (Å²) in [4.78, 5) is 24.3. The molecule has 16 heavy (non-hydrogen) atoms. The number of carbonyl (C=O) groups is 2. The second-order valence-corrected chi connectivity index (χ2v) is 5.14. The largest absolute Gasteiger partial charge is 0.480 e. The number of hydrogen-bond acceptors (Lipinski definition) is 3. The van der Waals surface area contributed by atoms with E-state index in [0.717, 1.165) is 19.4 Å². The van der Waals surface area contributed by atoms with E-state index in [1.165, 1.54) is 4.90 Å². The van der Waals surface area contributed by atoms with Crippen LogP contribution in [0.2, 0.25) is 0 Å². The summed E-state index contributed by atoms with van der Waals surface area (Å²) in [7, 11) is 0. The summed E-state index contributed by atoms with van der Waals surface area (Å²) in [6, 6.07) is -0.210. The third-order valence-corrected chi connectivity index (χ3v) is 2.73. The SMILES string of the molecule is CC(C)(C)N(CC(=O)O)C(=O)C1CCCN1. The first-order valence-corrected chi connectivity index (χ1v) is 5.59. The molecule has 2 N–H and O–H groups in total. The molecule has 1 heterocycles. The van der Waals surface area contributed by atoms with Crippen molar-refractivity contribution >= 4 is 11.9 Å². The number of amides is 1. The van der Waals surface area contributed by atoms with Gasteiger partial charge in [0, 0.05) is 5.54 Å². The lowest BCUT2D eigenvalue weighted by Gasteiger charge is -2.36. The van der Waals surface area contributed by atoms with Crippen LogP contribution in [0.3, 0.4) is 0 Å². The summed E-state index contributed by atoms with van der Waals surface area (Å²) in [6.07, 6.45) is 1.77. The van der Waals surface area contributed by atoms with Crippen molar-refractivity contribution in [2.24, 2.45) is 0 Å². The molecule has 1 rings (SSSR count). The molecule has 92 valence electrons. The summed E-state index contributed by atoms with van der Waals surface area (Å²) in [5.41, 5.74) is -0.459. The Morgan fingerprint density at radius 1 is 1.44 bits per heavy atom. The Morgan fingerprint density at radius 2 is 2.06 bits per heavy atom. The smallest absolute Gasteiger partial charge is 0.323 e. The third-order valence-electron chi connectivity index (χ3n) is 2.73. The summed E-state index contributed by atoms with van der Waals surface area (Å²) < 4.78 is 0. The van der Waals surface area contributed by atoms with Crippen LogP contribution in [0.25, 0.3) is 0 Å². The average Bonchev–Trinajstić information content (AvgIpc) is 2.63. The molecule has 1 amide bonds. The van der Waals surface area contributed by atoms with Gasteiger partial charge in [-0.05, 0) is 40.2 Å². The fraction of sp³-hybridized carbons (Fsp3) is 0.818. The van der Waals surface area contributed by atoms with E-state index >= 15 is 0 Å². The minimum absolute atomic E-state index is 0.104. The van der Waals surface area contributed by atoms with Crippen LogP contribution in [0.4, 0.5) is 0 Å². The van der Waals surface area contributed by atoms with Gasteiger partial charge in [0.2, 0.25) is 5.91 Å². The third kappa shape index (κ3) is 3.20. The quantitative estimate of drug-likeness (QED) is 0.736. The van der Waals surface area contributed by atoms with Crippen molar-refractivity contribution in [1.29, 1.82) is 0 Å². The highest BCUT2D eigenvalue weighted by molar-refractivity contribution is 5.86. The molecule has 0 aliphatic carbocycles. The Hall–Kier alpha value is -1.10. The van der Waals surface area contributed by atoms with Crippen LogP contribution >= 0.6 is 0 Å². The van der Waals surface area contributed by atoms with E-state index < -0.39 is 11.5 Å². The summed E-state index contributed by atoms with van der Waals surface area (Å²) in [5.74, 6) is -1.08. The number of nitrogens with zero attached hydrogens (tertiary/aromatic N) is 1. The zero-order valence-electron chi connectivity index (χ0n) is 10.1. The van der Waals surface area contributed by atoms with Crippen LogP contribution < -0.4 is 5.32 Å². The highest BCUT2D eigenvalue weighted by atomic mass is 16.4. The van der Waals surface area contributed by atoms with Gasteiger partial charge in [-0.25, -0.2) is 0 Å². The normalized spacial score (nSPS) is 20.8. The highest BCUT2D eigenvalue weighted by Crippen LogP contribution is 2.17. The number of nitrogens with one attached hydrogen (secondary N) is 1. The number of carboxylic acids is 1. The van der Waals surface area contributed by atoms with E-state index in [9.17, 15) is 9.59 Å². The van der Waals surface area contributed by atoms with Crippen LogP contribution in [0, 0.1) is 0 Å². The van der Waals surface area contributed by atoms with Gasteiger partial charge in [0.05, 0.1) is 6.04 Å². The van der Waals surface area contributed by atoms with Crippen LogP contribution in [0.1, 0.15) is 33.6 Å². The molecule has 1 atom stereocenters. The second kappa shape index (κ2) is 4.82. The molecule has 0 saturated carbocycles. The molecule has 0 radical (unpaired) electrons. The van der Waals surface area contributed by atoms with Gasteiger partial charge in [-0.15, -0.1) is 0 Å². The predicted molar refractivity (Wildman–Crippen MR) is 60.1 cm³/mol. The Labute approximate surface area is 95.8 Å². The van der Waals surface area contributed by atoms with E-state index in [1.54, 1.807) is 0 Å². The fourth-order valence-electron chi connectivity index (χ4n) is 1.86. The van der Waals surface area contributed by atoms with Crippen molar-refractivity contribution in [3.05, 3.63) is 0 Å². The van der Waals surface area contributed by atoms with Gasteiger partial charge in [-0.3, -0.25) is 9.59 Å². The molecule has 0 bridgehead atoms. The van der Waals surface area contributed by atoms with Crippen molar-refractivity contribution < 1.29 is 14.7 Å². The van der Waals surface area contributed by atoms with Crippen LogP contribution in [-0.4, -0.2) is 46.6 Å². The van der Waals surface area contributed by atoms with Crippen LogP contribution in [0.5, 0.6) is 0 Å². The van der Waals surface area contributed by atoms with E-state index in [4.69, 9.17) is 5.11 Å². The summed E-state index contributed by atoms with van der Waals surface area (Å²) in [6.45, 7) is 6.15. The topological polar surface area (TPSA) is 69.6 Å². The minimum atomic E-state index is -0.971. The molecule has 0 aromatic carbocycles. The van der Waals surface area contributed by atoms with Gasteiger partial charge in [0.25, 0.3) is 0 Å². The lowest BCUT2D eigenvalue weighted by Crippen LogP contribution is -2.53. The predicted octanol–water partition coefficient (Wildman–Crippen LogP) is 0.450. The zero-order chi connectivity index (χ0) is 12.3. The number of carboxylic acid groups (broad SMARTS) is 1. The average molecular weight is 228 g/mol. The Balaban J connectivity index is 2.75.